The van der Waals surface area contributed by atoms with Crippen LogP contribution in [-0.4, -0.2) is 72.3 Å². The Labute approximate surface area is 244 Å². The maximum Gasteiger partial charge on any atom is 0.247 e. The van der Waals surface area contributed by atoms with Gasteiger partial charge in [0.1, 0.15) is 23.9 Å². The Balaban J connectivity index is 1.56. The molecule has 2 amide bonds. The third-order valence-corrected chi connectivity index (χ3v) is 7.35. The number of fused-ring (bicyclic) bond motifs is 1. The molecular weight excluding hydrogens is 538 g/mol. The van der Waals surface area contributed by atoms with Gasteiger partial charge in [0, 0.05) is 25.3 Å². The van der Waals surface area contributed by atoms with Gasteiger partial charge in [-0.3, -0.25) is 9.59 Å². The summed E-state index contributed by atoms with van der Waals surface area (Å²) in [6.45, 7) is 1.01. The first-order valence-corrected chi connectivity index (χ1v) is 13.8. The van der Waals surface area contributed by atoms with Gasteiger partial charge >= 0.3 is 0 Å². The number of nitrogens with one attached hydrogen (secondary N) is 1. The van der Waals surface area contributed by atoms with Crippen LogP contribution in [0.25, 0.3) is 11.0 Å². The van der Waals surface area contributed by atoms with Crippen molar-refractivity contribution < 1.29 is 28.5 Å². The fraction of sp³-hybridized carbons (Fsp3) is 0.355. The van der Waals surface area contributed by atoms with E-state index in [1.54, 1.807) is 34.9 Å². The first kappa shape index (κ1) is 28.9. The number of amides is 2. The maximum absolute atomic E-state index is 14.3. The van der Waals surface area contributed by atoms with E-state index in [4.69, 9.17) is 18.9 Å². The lowest BCUT2D eigenvalue weighted by molar-refractivity contribution is -0.142. The molecule has 5 rings (SSSR count). The molecule has 1 saturated heterocycles. The van der Waals surface area contributed by atoms with Gasteiger partial charge in [-0.05, 0) is 48.7 Å². The monoisotopic (exact) mass is 573 g/mol. The van der Waals surface area contributed by atoms with Crippen LogP contribution in [0.4, 0.5) is 0 Å². The van der Waals surface area contributed by atoms with Crippen LogP contribution in [0.3, 0.4) is 0 Å². The second-order valence-corrected chi connectivity index (χ2v) is 9.97. The van der Waals surface area contributed by atoms with Crippen molar-refractivity contribution in [3.8, 4) is 17.2 Å². The topological polar surface area (TPSA) is 117 Å². The van der Waals surface area contributed by atoms with Crippen LogP contribution in [0, 0.1) is 0 Å². The van der Waals surface area contributed by atoms with Crippen molar-refractivity contribution in [3.63, 3.8) is 0 Å². The Morgan fingerprint density at radius 1 is 1.02 bits per heavy atom. The largest absolute Gasteiger partial charge is 0.497 e. The first-order chi connectivity index (χ1) is 20.5. The molecule has 1 aliphatic rings. The Morgan fingerprint density at radius 3 is 2.55 bits per heavy atom. The van der Waals surface area contributed by atoms with Crippen LogP contribution in [0.15, 0.2) is 66.7 Å². The number of hydrogen-bond donors (Lipinski definition) is 1. The molecule has 0 radical (unpaired) electrons. The highest BCUT2D eigenvalue weighted by Gasteiger charge is 2.35. The van der Waals surface area contributed by atoms with Crippen LogP contribution in [0.2, 0.25) is 0 Å². The fourth-order valence-corrected chi connectivity index (χ4v) is 5.20. The Bertz CT molecular complexity index is 1520. The van der Waals surface area contributed by atoms with Crippen molar-refractivity contribution in [3.05, 3.63) is 77.9 Å². The average Bonchev–Trinajstić information content (AvgIpc) is 3.70. The molecule has 1 fully saturated rings. The molecular formula is C31H35N5O6. The van der Waals surface area contributed by atoms with E-state index in [2.05, 4.69) is 15.6 Å². The summed E-state index contributed by atoms with van der Waals surface area (Å²) in [6.07, 6.45) is 1.73. The highest BCUT2D eigenvalue weighted by atomic mass is 16.5. The van der Waals surface area contributed by atoms with Crippen molar-refractivity contribution >= 4 is 22.8 Å². The van der Waals surface area contributed by atoms with Crippen LogP contribution in [0.1, 0.15) is 30.0 Å². The van der Waals surface area contributed by atoms with E-state index in [-0.39, 0.29) is 31.0 Å². The molecule has 0 aliphatic carbocycles. The smallest absolute Gasteiger partial charge is 0.247 e. The van der Waals surface area contributed by atoms with Gasteiger partial charge in [0.05, 0.1) is 33.0 Å². The molecule has 3 aromatic carbocycles. The van der Waals surface area contributed by atoms with Gasteiger partial charge in [0.25, 0.3) is 0 Å². The maximum atomic E-state index is 14.3. The van der Waals surface area contributed by atoms with Crippen LogP contribution < -0.4 is 19.5 Å². The fourth-order valence-electron chi connectivity index (χ4n) is 5.20. The number of carbonyl (C=O) groups excluding carboxylic acids is 2. The molecule has 0 spiro atoms. The molecule has 42 heavy (non-hydrogen) atoms. The van der Waals surface area contributed by atoms with E-state index in [0.29, 0.717) is 47.0 Å². The summed E-state index contributed by atoms with van der Waals surface area (Å²) in [5.41, 5.74) is 2.69. The summed E-state index contributed by atoms with van der Waals surface area (Å²) >= 11 is 0. The number of benzene rings is 3. The zero-order chi connectivity index (χ0) is 29.5. The second kappa shape index (κ2) is 13.3. The summed E-state index contributed by atoms with van der Waals surface area (Å²) in [4.78, 5) is 29.9. The third kappa shape index (κ3) is 6.31. The molecule has 1 aliphatic heterocycles. The number of carbonyl (C=O) groups is 2. The Morgan fingerprint density at radius 2 is 1.83 bits per heavy atom. The minimum absolute atomic E-state index is 0.0749. The lowest BCUT2D eigenvalue weighted by Gasteiger charge is -2.33. The molecule has 11 heteroatoms. The summed E-state index contributed by atoms with van der Waals surface area (Å²) in [5.74, 6) is 0.819. The summed E-state index contributed by atoms with van der Waals surface area (Å²) in [7, 11) is 4.64. The van der Waals surface area contributed by atoms with E-state index < -0.39 is 6.04 Å². The minimum Gasteiger partial charge on any atom is -0.497 e. The molecule has 0 saturated carbocycles. The SMILES string of the molecule is COc1ccc(CN(C(=O)Cn2nnc3ccccc32)[C@H](C(=O)NC[C@@H]2CCCO2)c2cccc(OC)c2OC)cc1. The van der Waals surface area contributed by atoms with Crippen LogP contribution in [0.5, 0.6) is 17.2 Å². The molecule has 2 heterocycles. The first-order valence-electron chi connectivity index (χ1n) is 13.8. The van der Waals surface area contributed by atoms with E-state index in [9.17, 15) is 9.59 Å². The Hall–Kier alpha value is -4.64. The lowest BCUT2D eigenvalue weighted by atomic mass is 10.0. The predicted molar refractivity (Wildman–Crippen MR) is 155 cm³/mol. The molecule has 4 aromatic rings. The highest BCUT2D eigenvalue weighted by molar-refractivity contribution is 5.90. The van der Waals surface area contributed by atoms with Gasteiger partial charge in [-0.25, -0.2) is 4.68 Å². The van der Waals surface area contributed by atoms with Gasteiger partial charge in [0.15, 0.2) is 11.5 Å². The van der Waals surface area contributed by atoms with Crippen molar-refractivity contribution in [2.45, 2.75) is 38.1 Å². The minimum atomic E-state index is -1.05. The van der Waals surface area contributed by atoms with Gasteiger partial charge in [-0.15, -0.1) is 5.10 Å². The van der Waals surface area contributed by atoms with Gasteiger partial charge in [-0.2, -0.15) is 0 Å². The quantitative estimate of drug-likeness (QED) is 0.274. The van der Waals surface area contributed by atoms with Crippen molar-refractivity contribution in [2.75, 3.05) is 34.5 Å². The van der Waals surface area contributed by atoms with Gasteiger partial charge < -0.3 is 29.2 Å². The number of aromatic nitrogens is 3. The van der Waals surface area contributed by atoms with Gasteiger partial charge in [-0.1, -0.05) is 41.6 Å². The highest BCUT2D eigenvalue weighted by Crippen LogP contribution is 2.38. The molecule has 1 aromatic heterocycles. The summed E-state index contributed by atoms with van der Waals surface area (Å²) in [5, 5.41) is 11.4. The number of nitrogens with zero attached hydrogens (tertiary/aromatic N) is 4. The van der Waals surface area contributed by atoms with Crippen molar-refractivity contribution in [2.24, 2.45) is 0 Å². The molecule has 2 atom stereocenters. The molecule has 0 bridgehead atoms. The standard InChI is InChI=1S/C31H35N5O6/c1-39-22-15-13-21(14-16-22)19-35(28(37)20-36-26-11-5-4-10-25(26)33-34-36)29(31(38)32-18-23-8-7-17-42-23)24-9-6-12-27(40-2)30(24)41-3/h4-6,9-16,23,29H,7-8,17-20H2,1-3H3,(H,32,38)/t23-,29-/m0/s1. The van der Waals surface area contributed by atoms with Crippen molar-refractivity contribution in [1.29, 1.82) is 0 Å². The number of rotatable bonds is 12. The average molecular weight is 574 g/mol. The van der Waals surface area contributed by atoms with Crippen LogP contribution in [-0.2, 0) is 27.4 Å². The van der Waals surface area contributed by atoms with Gasteiger partial charge in [0.2, 0.25) is 11.8 Å². The zero-order valence-electron chi connectivity index (χ0n) is 24.0. The molecule has 0 unspecified atom stereocenters. The number of hydrogen-bond acceptors (Lipinski definition) is 8. The molecule has 11 nitrogen and oxygen atoms in total. The number of para-hydroxylation sites is 2. The predicted octanol–water partition coefficient (Wildman–Crippen LogP) is 3.52. The van der Waals surface area contributed by atoms with Crippen molar-refractivity contribution in [1.82, 2.24) is 25.2 Å². The molecule has 1 N–H and O–H groups in total. The van der Waals surface area contributed by atoms with E-state index in [0.717, 1.165) is 18.4 Å². The normalized spacial score (nSPS) is 15.3. The lowest BCUT2D eigenvalue weighted by Crippen LogP contribution is -2.46. The number of methoxy groups -OCH3 is 3. The summed E-state index contributed by atoms with van der Waals surface area (Å²) < 4.78 is 23.9. The second-order valence-electron chi connectivity index (χ2n) is 9.97. The van der Waals surface area contributed by atoms with E-state index in [1.165, 1.54) is 14.2 Å². The summed E-state index contributed by atoms with van der Waals surface area (Å²) in [6, 6.07) is 19.0. The number of ether oxygens (including phenoxy) is 4. The van der Waals surface area contributed by atoms with Crippen LogP contribution >= 0.6 is 0 Å². The van der Waals surface area contributed by atoms with E-state index >= 15 is 0 Å². The zero-order valence-corrected chi connectivity index (χ0v) is 24.0. The third-order valence-electron chi connectivity index (χ3n) is 7.35. The molecule has 220 valence electrons. The van der Waals surface area contributed by atoms with E-state index in [1.807, 2.05) is 48.5 Å². The Kier molecular flexibility index (Phi) is 9.18.